The molecule has 3 aromatic rings. The van der Waals surface area contributed by atoms with Crippen molar-refractivity contribution >= 4 is 33.7 Å². The molecule has 0 saturated carbocycles. The van der Waals surface area contributed by atoms with Crippen LogP contribution < -0.4 is 16.4 Å². The lowest BCUT2D eigenvalue weighted by atomic mass is 10.1. The molecular weight excluding hydrogens is 340 g/mol. The van der Waals surface area contributed by atoms with Gasteiger partial charge in [0.25, 0.3) is 5.91 Å². The largest absolute Gasteiger partial charge is 0.370 e. The van der Waals surface area contributed by atoms with E-state index in [0.717, 1.165) is 54.0 Å². The fourth-order valence-corrected chi connectivity index (χ4v) is 3.53. The Kier molecular flexibility index (Phi) is 4.91. The average molecular weight is 364 g/mol. The summed E-state index contributed by atoms with van der Waals surface area (Å²) in [5.74, 6) is 0.424. The van der Waals surface area contributed by atoms with Gasteiger partial charge in [-0.15, -0.1) is 0 Å². The molecule has 0 fully saturated rings. The summed E-state index contributed by atoms with van der Waals surface area (Å²) in [5.41, 5.74) is 8.06. The van der Waals surface area contributed by atoms with Gasteiger partial charge in [-0.3, -0.25) is 9.79 Å². The number of aliphatic imine (C=N–C) groups is 1. The van der Waals surface area contributed by atoms with Crippen molar-refractivity contribution < 1.29 is 4.79 Å². The van der Waals surface area contributed by atoms with E-state index in [0.29, 0.717) is 24.2 Å². The number of benzene rings is 1. The van der Waals surface area contributed by atoms with Gasteiger partial charge in [0.2, 0.25) is 0 Å². The number of hydrogen-bond acceptors (Lipinski definition) is 5. The van der Waals surface area contributed by atoms with Gasteiger partial charge in [-0.25, -0.2) is 4.98 Å². The minimum absolute atomic E-state index is 0.124. The topological polar surface area (TPSA) is 108 Å². The second kappa shape index (κ2) is 7.65. The fourth-order valence-electron chi connectivity index (χ4n) is 3.53. The molecule has 4 rings (SSSR count). The van der Waals surface area contributed by atoms with Crippen molar-refractivity contribution in [1.82, 2.24) is 20.6 Å². The Balaban J connectivity index is 1.26. The molecule has 140 valence electrons. The highest BCUT2D eigenvalue weighted by atomic mass is 16.1. The van der Waals surface area contributed by atoms with Crippen LogP contribution in [0.5, 0.6) is 0 Å². The number of pyridine rings is 1. The maximum absolute atomic E-state index is 12.4. The molecular formula is C20H24N6O. The van der Waals surface area contributed by atoms with Crippen LogP contribution in [0.15, 0.2) is 41.5 Å². The number of para-hydroxylation sites is 1. The number of nitrogens with two attached hydrogens (primary N) is 1. The lowest BCUT2D eigenvalue weighted by molar-refractivity contribution is 0.0948. The van der Waals surface area contributed by atoms with Gasteiger partial charge in [-0.2, -0.15) is 0 Å². The first-order valence-corrected chi connectivity index (χ1v) is 9.42. The van der Waals surface area contributed by atoms with Crippen LogP contribution in [-0.2, 0) is 0 Å². The van der Waals surface area contributed by atoms with Crippen LogP contribution in [0, 0.1) is 0 Å². The second-order valence-corrected chi connectivity index (χ2v) is 6.96. The van der Waals surface area contributed by atoms with Crippen molar-refractivity contribution in [3.05, 3.63) is 42.2 Å². The predicted octanol–water partition coefficient (Wildman–Crippen LogP) is 2.29. The molecule has 0 spiro atoms. The molecule has 3 heterocycles. The molecule has 7 heteroatoms. The first kappa shape index (κ1) is 17.3. The van der Waals surface area contributed by atoms with E-state index in [1.807, 2.05) is 30.3 Å². The van der Waals surface area contributed by atoms with E-state index in [1.165, 1.54) is 0 Å². The smallest absolute Gasteiger partial charge is 0.269 e. The van der Waals surface area contributed by atoms with Crippen LogP contribution >= 0.6 is 0 Å². The Bertz CT molecular complexity index is 992. The van der Waals surface area contributed by atoms with Crippen molar-refractivity contribution in [2.75, 3.05) is 13.1 Å². The van der Waals surface area contributed by atoms with Crippen LogP contribution in [0.25, 0.3) is 21.8 Å². The number of unbranched alkanes of at least 4 members (excludes halogenated alkanes) is 2. The highest BCUT2D eigenvalue weighted by Gasteiger charge is 2.14. The molecule has 0 saturated heterocycles. The third-order valence-corrected chi connectivity index (χ3v) is 4.97. The number of rotatable bonds is 7. The summed E-state index contributed by atoms with van der Waals surface area (Å²) in [7, 11) is 0. The first-order valence-electron chi connectivity index (χ1n) is 9.42. The minimum atomic E-state index is -0.124. The van der Waals surface area contributed by atoms with E-state index in [2.05, 4.69) is 25.6 Å². The van der Waals surface area contributed by atoms with Crippen LogP contribution in [0.3, 0.4) is 0 Å². The molecule has 0 radical (unpaired) electrons. The summed E-state index contributed by atoms with van der Waals surface area (Å²) in [4.78, 5) is 24.2. The number of aromatic amines is 1. The maximum atomic E-state index is 12.4. The SMILES string of the molecule is NC1=NCC(CCCCCNC(=O)c2cc3c(cn2)[nH]c2ccccc23)N1. The zero-order valence-corrected chi connectivity index (χ0v) is 15.2. The third-order valence-electron chi connectivity index (χ3n) is 4.97. The van der Waals surface area contributed by atoms with Gasteiger partial charge < -0.3 is 21.4 Å². The lowest BCUT2D eigenvalue weighted by Gasteiger charge is -2.10. The first-order chi connectivity index (χ1) is 13.2. The zero-order chi connectivity index (χ0) is 18.6. The van der Waals surface area contributed by atoms with E-state index >= 15 is 0 Å². The molecule has 1 aliphatic rings. The Morgan fingerprint density at radius 1 is 1.19 bits per heavy atom. The van der Waals surface area contributed by atoms with Crippen molar-refractivity contribution in [2.24, 2.45) is 10.7 Å². The number of amides is 1. The molecule has 27 heavy (non-hydrogen) atoms. The Morgan fingerprint density at radius 3 is 2.93 bits per heavy atom. The van der Waals surface area contributed by atoms with Crippen LogP contribution in [0.4, 0.5) is 0 Å². The van der Waals surface area contributed by atoms with E-state index in [1.54, 1.807) is 6.20 Å². The van der Waals surface area contributed by atoms with Gasteiger partial charge >= 0.3 is 0 Å². The Morgan fingerprint density at radius 2 is 2.07 bits per heavy atom. The number of carbonyl (C=O) groups excluding carboxylic acids is 1. The van der Waals surface area contributed by atoms with Gasteiger partial charge in [0.1, 0.15) is 5.69 Å². The number of H-pyrrole nitrogens is 1. The monoisotopic (exact) mass is 364 g/mol. The van der Waals surface area contributed by atoms with E-state index in [4.69, 9.17) is 5.73 Å². The number of hydrogen-bond donors (Lipinski definition) is 4. The number of nitrogens with zero attached hydrogens (tertiary/aromatic N) is 2. The van der Waals surface area contributed by atoms with Gasteiger partial charge in [-0.05, 0) is 25.0 Å². The number of nitrogens with one attached hydrogen (secondary N) is 3. The molecule has 2 aromatic heterocycles. The summed E-state index contributed by atoms with van der Waals surface area (Å²) >= 11 is 0. The molecule has 5 N–H and O–H groups in total. The molecule has 1 atom stereocenters. The minimum Gasteiger partial charge on any atom is -0.370 e. The van der Waals surface area contributed by atoms with Crippen LogP contribution in [0.1, 0.15) is 36.2 Å². The molecule has 1 unspecified atom stereocenters. The van der Waals surface area contributed by atoms with Gasteiger partial charge in [0.15, 0.2) is 5.96 Å². The summed E-state index contributed by atoms with van der Waals surface area (Å²) in [5, 5.41) is 8.26. The molecule has 0 bridgehead atoms. The van der Waals surface area contributed by atoms with Crippen molar-refractivity contribution in [2.45, 2.75) is 31.7 Å². The van der Waals surface area contributed by atoms with Gasteiger partial charge in [0.05, 0.1) is 18.3 Å². The van der Waals surface area contributed by atoms with Crippen molar-refractivity contribution in [3.8, 4) is 0 Å². The Hall–Kier alpha value is -3.09. The van der Waals surface area contributed by atoms with E-state index in [9.17, 15) is 4.79 Å². The third kappa shape index (κ3) is 3.86. The standard InChI is InChI=1S/C20H24N6O/c21-20-24-11-13(25-20)6-2-1-5-9-22-19(27)17-10-15-14-7-3-4-8-16(14)26-18(15)12-23-17/h3-4,7-8,10,12-13,26H,1-2,5-6,9,11H2,(H,22,27)(H3,21,24,25). The highest BCUT2D eigenvalue weighted by molar-refractivity contribution is 6.09. The normalized spacial score (nSPS) is 16.4. The van der Waals surface area contributed by atoms with Gasteiger partial charge in [-0.1, -0.05) is 31.0 Å². The lowest BCUT2D eigenvalue weighted by Crippen LogP contribution is -2.34. The number of fused-ring (bicyclic) bond motifs is 3. The van der Waals surface area contributed by atoms with Crippen molar-refractivity contribution in [3.63, 3.8) is 0 Å². The number of guanidine groups is 1. The number of carbonyl (C=O) groups is 1. The van der Waals surface area contributed by atoms with E-state index < -0.39 is 0 Å². The molecule has 7 nitrogen and oxygen atoms in total. The highest BCUT2D eigenvalue weighted by Crippen LogP contribution is 2.24. The summed E-state index contributed by atoms with van der Waals surface area (Å²) in [6.45, 7) is 1.42. The predicted molar refractivity (Wildman–Crippen MR) is 108 cm³/mol. The average Bonchev–Trinajstić information content (AvgIpc) is 3.27. The molecule has 1 aromatic carbocycles. The molecule has 1 aliphatic heterocycles. The van der Waals surface area contributed by atoms with E-state index in [-0.39, 0.29) is 5.91 Å². The quantitative estimate of drug-likeness (QED) is 0.482. The van der Waals surface area contributed by atoms with Crippen LogP contribution in [0.2, 0.25) is 0 Å². The van der Waals surface area contributed by atoms with Gasteiger partial charge in [0, 0.05) is 28.9 Å². The maximum Gasteiger partial charge on any atom is 0.269 e. The zero-order valence-electron chi connectivity index (χ0n) is 15.2. The summed E-state index contributed by atoms with van der Waals surface area (Å²) < 4.78 is 0. The molecule has 1 amide bonds. The second-order valence-electron chi connectivity index (χ2n) is 6.96. The summed E-state index contributed by atoms with van der Waals surface area (Å²) in [6, 6.07) is 10.3. The van der Waals surface area contributed by atoms with Crippen LogP contribution in [-0.4, -0.2) is 41.0 Å². The number of aromatic nitrogens is 2. The van der Waals surface area contributed by atoms with Crippen molar-refractivity contribution in [1.29, 1.82) is 0 Å². The fraction of sp³-hybridized carbons (Fsp3) is 0.350. The molecule has 0 aliphatic carbocycles. The Labute approximate surface area is 157 Å². The summed E-state index contributed by atoms with van der Waals surface area (Å²) in [6.07, 6.45) is 5.89.